The van der Waals surface area contributed by atoms with Gasteiger partial charge in [-0.2, -0.15) is 0 Å². The number of rotatable bonds is 13. The lowest BCUT2D eigenvalue weighted by Crippen LogP contribution is -2.29. The summed E-state index contributed by atoms with van der Waals surface area (Å²) < 4.78 is 22.1. The molecular formula is C28H31NO5. The normalized spacial score (nSPS) is 12.2. The van der Waals surface area contributed by atoms with Gasteiger partial charge in [-0.15, -0.1) is 0 Å². The minimum Gasteiger partial charge on any atom is -0.449 e. The molecule has 3 aromatic rings. The summed E-state index contributed by atoms with van der Waals surface area (Å²) in [5.74, 6) is 0.0585. The average Bonchev–Trinajstić information content (AvgIpc) is 3.20. The Morgan fingerprint density at radius 3 is 1.91 bits per heavy atom. The molecule has 0 saturated carbocycles. The standard InChI is InChI=1S/C28H31NO5/c30-28(29-14-15-31-16-17-32-18-19-33-20-22-8-2-1-3-9-22)34-21-27-25-12-6-4-10-23(25)24-11-5-7-13-26(24)27/h1-13,27H,14-21H2,(H,29,30). The average molecular weight is 462 g/mol. The molecule has 3 aromatic carbocycles. The Morgan fingerprint density at radius 1 is 0.676 bits per heavy atom. The third-order valence-corrected chi connectivity index (χ3v) is 5.71. The fourth-order valence-electron chi connectivity index (χ4n) is 4.08. The molecule has 0 unspecified atom stereocenters. The molecule has 178 valence electrons. The summed E-state index contributed by atoms with van der Waals surface area (Å²) in [5.41, 5.74) is 5.97. The van der Waals surface area contributed by atoms with Gasteiger partial charge in [0, 0.05) is 12.5 Å². The second kappa shape index (κ2) is 12.9. The van der Waals surface area contributed by atoms with Gasteiger partial charge in [-0.05, 0) is 27.8 Å². The lowest BCUT2D eigenvalue weighted by molar-refractivity contribution is 0.0111. The molecule has 0 radical (unpaired) electrons. The van der Waals surface area contributed by atoms with E-state index in [1.165, 1.54) is 22.3 Å². The smallest absolute Gasteiger partial charge is 0.407 e. The second-order valence-corrected chi connectivity index (χ2v) is 8.02. The van der Waals surface area contributed by atoms with Crippen molar-refractivity contribution in [3.05, 3.63) is 95.6 Å². The zero-order chi connectivity index (χ0) is 23.4. The van der Waals surface area contributed by atoms with E-state index in [-0.39, 0.29) is 5.92 Å². The zero-order valence-corrected chi connectivity index (χ0v) is 19.3. The van der Waals surface area contributed by atoms with Crippen LogP contribution in [0.5, 0.6) is 0 Å². The van der Waals surface area contributed by atoms with Crippen LogP contribution in [0.25, 0.3) is 11.1 Å². The van der Waals surface area contributed by atoms with Gasteiger partial charge in [0.05, 0.1) is 39.6 Å². The molecule has 1 aliphatic carbocycles. The number of carbonyl (C=O) groups excluding carboxylic acids is 1. The number of carbonyl (C=O) groups is 1. The van der Waals surface area contributed by atoms with Crippen LogP contribution in [0.2, 0.25) is 0 Å². The number of ether oxygens (including phenoxy) is 4. The fourth-order valence-corrected chi connectivity index (χ4v) is 4.08. The Balaban J connectivity index is 1.03. The van der Waals surface area contributed by atoms with Crippen molar-refractivity contribution in [3.8, 4) is 11.1 Å². The van der Waals surface area contributed by atoms with E-state index < -0.39 is 6.09 Å². The molecule has 6 nitrogen and oxygen atoms in total. The van der Waals surface area contributed by atoms with Crippen molar-refractivity contribution in [1.29, 1.82) is 0 Å². The van der Waals surface area contributed by atoms with E-state index in [0.29, 0.717) is 52.8 Å². The van der Waals surface area contributed by atoms with E-state index >= 15 is 0 Å². The Hall–Kier alpha value is -3.19. The van der Waals surface area contributed by atoms with E-state index in [0.717, 1.165) is 5.56 Å². The highest BCUT2D eigenvalue weighted by Crippen LogP contribution is 2.44. The summed E-state index contributed by atoms with van der Waals surface area (Å²) in [6.07, 6.45) is -0.433. The van der Waals surface area contributed by atoms with Crippen LogP contribution in [0.3, 0.4) is 0 Å². The number of nitrogens with one attached hydrogen (secondary N) is 1. The van der Waals surface area contributed by atoms with E-state index in [4.69, 9.17) is 18.9 Å². The third-order valence-electron chi connectivity index (χ3n) is 5.71. The number of fused-ring (bicyclic) bond motifs is 3. The van der Waals surface area contributed by atoms with Crippen molar-refractivity contribution < 1.29 is 23.7 Å². The van der Waals surface area contributed by atoms with Crippen LogP contribution >= 0.6 is 0 Å². The van der Waals surface area contributed by atoms with E-state index in [9.17, 15) is 4.79 Å². The van der Waals surface area contributed by atoms with Gasteiger partial charge in [0.25, 0.3) is 0 Å². The van der Waals surface area contributed by atoms with Crippen LogP contribution in [0, 0.1) is 0 Å². The summed E-state index contributed by atoms with van der Waals surface area (Å²) in [7, 11) is 0. The Labute approximate surface area is 200 Å². The van der Waals surface area contributed by atoms with Crippen molar-refractivity contribution in [2.75, 3.05) is 46.2 Å². The molecule has 34 heavy (non-hydrogen) atoms. The van der Waals surface area contributed by atoms with Crippen molar-refractivity contribution in [3.63, 3.8) is 0 Å². The Bertz CT molecular complexity index is 994. The lowest BCUT2D eigenvalue weighted by Gasteiger charge is -2.14. The van der Waals surface area contributed by atoms with Crippen LogP contribution in [0.1, 0.15) is 22.6 Å². The number of alkyl carbamates (subject to hydrolysis) is 1. The Morgan fingerprint density at radius 2 is 1.24 bits per heavy atom. The van der Waals surface area contributed by atoms with Crippen molar-refractivity contribution in [2.45, 2.75) is 12.5 Å². The number of amides is 1. The van der Waals surface area contributed by atoms with Gasteiger partial charge in [0.2, 0.25) is 0 Å². The first-order valence-electron chi connectivity index (χ1n) is 11.7. The zero-order valence-electron chi connectivity index (χ0n) is 19.3. The van der Waals surface area contributed by atoms with Gasteiger partial charge in [-0.3, -0.25) is 0 Å². The highest BCUT2D eigenvalue weighted by molar-refractivity contribution is 5.79. The van der Waals surface area contributed by atoms with E-state index in [1.807, 2.05) is 54.6 Å². The monoisotopic (exact) mass is 461 g/mol. The van der Waals surface area contributed by atoms with Gasteiger partial charge in [0.1, 0.15) is 6.61 Å². The van der Waals surface area contributed by atoms with Crippen molar-refractivity contribution in [2.24, 2.45) is 0 Å². The lowest BCUT2D eigenvalue weighted by atomic mass is 9.98. The molecule has 1 amide bonds. The predicted octanol–water partition coefficient (Wildman–Crippen LogP) is 4.78. The summed E-state index contributed by atoms with van der Waals surface area (Å²) in [6, 6.07) is 26.6. The summed E-state index contributed by atoms with van der Waals surface area (Å²) >= 11 is 0. The van der Waals surface area contributed by atoms with Gasteiger partial charge in [0.15, 0.2) is 0 Å². The van der Waals surface area contributed by atoms with Crippen LogP contribution in [0.4, 0.5) is 4.79 Å². The SMILES string of the molecule is O=C(NCCOCCOCCOCc1ccccc1)OCC1c2ccccc2-c2ccccc21. The van der Waals surface area contributed by atoms with Crippen LogP contribution in [0.15, 0.2) is 78.9 Å². The molecule has 6 heteroatoms. The van der Waals surface area contributed by atoms with Gasteiger partial charge in [-0.1, -0.05) is 78.9 Å². The maximum atomic E-state index is 12.1. The minimum absolute atomic E-state index is 0.0585. The van der Waals surface area contributed by atoms with Crippen LogP contribution in [-0.4, -0.2) is 52.3 Å². The molecule has 0 aromatic heterocycles. The first-order valence-corrected chi connectivity index (χ1v) is 11.7. The molecule has 0 aliphatic heterocycles. The number of benzene rings is 3. The first kappa shape index (κ1) is 24.0. The molecule has 0 saturated heterocycles. The highest BCUT2D eigenvalue weighted by atomic mass is 16.6. The highest BCUT2D eigenvalue weighted by Gasteiger charge is 2.28. The fraction of sp³-hybridized carbons (Fsp3) is 0.321. The molecule has 0 atom stereocenters. The van der Waals surface area contributed by atoms with Crippen molar-refractivity contribution >= 4 is 6.09 Å². The van der Waals surface area contributed by atoms with Gasteiger partial charge in [-0.25, -0.2) is 4.79 Å². The van der Waals surface area contributed by atoms with Crippen molar-refractivity contribution in [1.82, 2.24) is 5.32 Å². The molecule has 0 fully saturated rings. The molecule has 0 spiro atoms. The second-order valence-electron chi connectivity index (χ2n) is 8.02. The number of hydrogen-bond acceptors (Lipinski definition) is 5. The summed E-state index contributed by atoms with van der Waals surface area (Å²) in [5, 5.41) is 2.74. The summed E-state index contributed by atoms with van der Waals surface area (Å²) in [6.45, 7) is 3.69. The molecule has 4 rings (SSSR count). The van der Waals surface area contributed by atoms with Gasteiger partial charge >= 0.3 is 6.09 Å². The predicted molar refractivity (Wildman–Crippen MR) is 131 cm³/mol. The maximum Gasteiger partial charge on any atom is 0.407 e. The third kappa shape index (κ3) is 6.67. The quantitative estimate of drug-likeness (QED) is 0.371. The molecule has 1 N–H and O–H groups in total. The molecule has 0 bridgehead atoms. The van der Waals surface area contributed by atoms with Crippen LogP contribution < -0.4 is 5.32 Å². The minimum atomic E-state index is -0.433. The largest absolute Gasteiger partial charge is 0.449 e. The number of hydrogen-bond donors (Lipinski definition) is 1. The molecule has 1 aliphatic rings. The van der Waals surface area contributed by atoms with E-state index in [2.05, 4.69) is 29.6 Å². The first-order chi connectivity index (χ1) is 16.8. The van der Waals surface area contributed by atoms with Gasteiger partial charge < -0.3 is 24.3 Å². The molecular weight excluding hydrogens is 430 g/mol. The Kier molecular flexibility index (Phi) is 9.08. The van der Waals surface area contributed by atoms with Crippen LogP contribution in [-0.2, 0) is 25.6 Å². The van der Waals surface area contributed by atoms with E-state index in [1.54, 1.807) is 0 Å². The topological polar surface area (TPSA) is 66.0 Å². The summed E-state index contributed by atoms with van der Waals surface area (Å²) in [4.78, 5) is 12.1. The maximum absolute atomic E-state index is 12.1. The molecule has 0 heterocycles.